The van der Waals surface area contributed by atoms with E-state index in [0.29, 0.717) is 19.1 Å². The molecule has 0 saturated carbocycles. The number of hydrogen-bond donors (Lipinski definition) is 2. The van der Waals surface area contributed by atoms with Gasteiger partial charge in [0.15, 0.2) is 0 Å². The first kappa shape index (κ1) is 16.5. The van der Waals surface area contributed by atoms with Crippen LogP contribution in [0.15, 0.2) is 30.3 Å². The maximum atomic E-state index is 10.8. The van der Waals surface area contributed by atoms with Crippen molar-refractivity contribution in [2.45, 2.75) is 39.2 Å². The molecule has 0 aliphatic rings. The van der Waals surface area contributed by atoms with Crippen LogP contribution in [0.2, 0.25) is 0 Å². The highest BCUT2D eigenvalue weighted by atomic mass is 16.5. The van der Waals surface area contributed by atoms with Crippen LogP contribution in [-0.4, -0.2) is 30.0 Å². The molecular weight excluding hydrogens is 254 g/mol. The summed E-state index contributed by atoms with van der Waals surface area (Å²) in [4.78, 5) is 10.8. The fourth-order valence-electron chi connectivity index (χ4n) is 2.48. The summed E-state index contributed by atoms with van der Waals surface area (Å²) in [7, 11) is 0. The largest absolute Gasteiger partial charge is 0.465 e. The van der Waals surface area contributed by atoms with Crippen LogP contribution in [-0.2, 0) is 11.2 Å². The molecule has 0 fully saturated rings. The van der Waals surface area contributed by atoms with Gasteiger partial charge in [-0.25, -0.2) is 4.79 Å². The van der Waals surface area contributed by atoms with Crippen LogP contribution in [0.5, 0.6) is 0 Å². The van der Waals surface area contributed by atoms with Gasteiger partial charge in [0, 0.05) is 18.8 Å². The van der Waals surface area contributed by atoms with Gasteiger partial charge in [-0.15, -0.1) is 0 Å². The fourth-order valence-corrected chi connectivity index (χ4v) is 2.48. The molecule has 4 heteroatoms. The molecular formula is C16H25NO3. The highest BCUT2D eigenvalue weighted by Crippen LogP contribution is 2.21. The third-order valence-corrected chi connectivity index (χ3v) is 3.17. The Bertz CT molecular complexity index is 403. The molecule has 0 bridgehead atoms. The van der Waals surface area contributed by atoms with Gasteiger partial charge >= 0.3 is 6.09 Å². The molecule has 1 aromatic carbocycles. The zero-order chi connectivity index (χ0) is 15.0. The van der Waals surface area contributed by atoms with Gasteiger partial charge in [0.1, 0.15) is 0 Å². The number of amides is 1. The van der Waals surface area contributed by atoms with Crippen molar-refractivity contribution < 1.29 is 14.6 Å². The lowest BCUT2D eigenvalue weighted by molar-refractivity contribution is 0.0941. The molecule has 1 rings (SSSR count). The lowest BCUT2D eigenvalue weighted by Crippen LogP contribution is -2.44. The monoisotopic (exact) mass is 279 g/mol. The van der Waals surface area contributed by atoms with Crippen LogP contribution in [0.1, 0.15) is 32.8 Å². The molecule has 1 atom stereocenters. The van der Waals surface area contributed by atoms with Crippen LogP contribution >= 0.6 is 0 Å². The Balaban J connectivity index is 2.66. The predicted molar refractivity (Wildman–Crippen MR) is 80.0 cm³/mol. The van der Waals surface area contributed by atoms with Crippen LogP contribution in [0.3, 0.4) is 0 Å². The number of benzene rings is 1. The van der Waals surface area contributed by atoms with Gasteiger partial charge in [0.25, 0.3) is 0 Å². The number of carboxylic acid groups (broad SMARTS) is 1. The summed E-state index contributed by atoms with van der Waals surface area (Å²) >= 11 is 0. The quantitative estimate of drug-likeness (QED) is 0.767. The minimum atomic E-state index is -0.982. The Labute approximate surface area is 121 Å². The summed E-state index contributed by atoms with van der Waals surface area (Å²) in [6, 6.07) is 10.2. The molecule has 20 heavy (non-hydrogen) atoms. The van der Waals surface area contributed by atoms with Gasteiger partial charge in [0.2, 0.25) is 0 Å². The second kappa shape index (κ2) is 7.90. The normalized spacial score (nSPS) is 12.9. The number of hydrogen-bond acceptors (Lipinski definition) is 2. The predicted octanol–water partition coefficient (Wildman–Crippen LogP) is 3.32. The number of rotatable bonds is 8. The highest BCUT2D eigenvalue weighted by molar-refractivity contribution is 5.65. The van der Waals surface area contributed by atoms with Crippen LogP contribution in [0.4, 0.5) is 4.79 Å². The van der Waals surface area contributed by atoms with Gasteiger partial charge in [-0.05, 0) is 45.1 Å². The Morgan fingerprint density at radius 3 is 2.55 bits per heavy atom. The Morgan fingerprint density at radius 1 is 1.35 bits per heavy atom. The van der Waals surface area contributed by atoms with E-state index in [9.17, 15) is 4.79 Å². The first-order chi connectivity index (χ1) is 9.43. The fraction of sp³-hybridized carbons (Fsp3) is 0.562. The molecule has 0 unspecified atom stereocenters. The van der Waals surface area contributed by atoms with Gasteiger partial charge in [0.05, 0.1) is 0 Å². The first-order valence-corrected chi connectivity index (χ1v) is 7.05. The van der Waals surface area contributed by atoms with Crippen LogP contribution in [0, 0.1) is 5.92 Å². The van der Waals surface area contributed by atoms with Crippen molar-refractivity contribution in [1.82, 2.24) is 5.32 Å². The summed E-state index contributed by atoms with van der Waals surface area (Å²) in [6.45, 7) is 7.12. The van der Waals surface area contributed by atoms with Crippen molar-refractivity contribution in [2.24, 2.45) is 5.92 Å². The molecule has 1 amide bonds. The van der Waals surface area contributed by atoms with E-state index in [2.05, 4.69) is 17.4 Å². The van der Waals surface area contributed by atoms with Gasteiger partial charge < -0.3 is 15.2 Å². The average molecular weight is 279 g/mol. The molecule has 0 aliphatic carbocycles. The molecule has 0 saturated heterocycles. The highest BCUT2D eigenvalue weighted by Gasteiger charge is 2.25. The smallest absolute Gasteiger partial charge is 0.405 e. The van der Waals surface area contributed by atoms with Crippen molar-refractivity contribution in [3.05, 3.63) is 35.9 Å². The van der Waals surface area contributed by atoms with E-state index in [1.807, 2.05) is 39.0 Å². The van der Waals surface area contributed by atoms with E-state index in [-0.39, 0.29) is 0 Å². The second-order valence-corrected chi connectivity index (χ2v) is 5.73. The topological polar surface area (TPSA) is 58.6 Å². The number of nitrogens with one attached hydrogen (secondary N) is 1. The average Bonchev–Trinajstić information content (AvgIpc) is 2.35. The van der Waals surface area contributed by atoms with Crippen molar-refractivity contribution in [2.75, 3.05) is 13.2 Å². The van der Waals surface area contributed by atoms with E-state index < -0.39 is 11.6 Å². The van der Waals surface area contributed by atoms with E-state index >= 15 is 0 Å². The lowest BCUT2D eigenvalue weighted by atomic mass is 9.87. The maximum absolute atomic E-state index is 10.8. The summed E-state index contributed by atoms with van der Waals surface area (Å²) in [5.41, 5.74) is 0.797. The summed E-state index contributed by atoms with van der Waals surface area (Å²) in [6.07, 6.45) is 0.657. The summed E-state index contributed by atoms with van der Waals surface area (Å²) < 4.78 is 5.54. The lowest BCUT2D eigenvalue weighted by Gasteiger charge is -2.29. The molecule has 0 aromatic heterocycles. The molecule has 4 nitrogen and oxygen atoms in total. The third-order valence-electron chi connectivity index (χ3n) is 3.17. The number of ether oxygens (including phenoxy) is 1. The third kappa shape index (κ3) is 6.57. The minimum Gasteiger partial charge on any atom is -0.465 e. The Hall–Kier alpha value is -1.55. The number of carbonyl (C=O) groups is 1. The van der Waals surface area contributed by atoms with Gasteiger partial charge in [-0.3, -0.25) is 0 Å². The van der Waals surface area contributed by atoms with E-state index in [0.717, 1.165) is 12.8 Å². The standard InChI is InChI=1S/C16H25NO3/c1-4-20-12-14(10-13-8-6-5-7-9-13)11-16(2,3)17-15(18)19/h5-9,14,17H,4,10-12H2,1-3H3,(H,18,19)/t14-/m0/s1. The summed E-state index contributed by atoms with van der Waals surface area (Å²) in [5.74, 6) is 0.291. The SMILES string of the molecule is CCOC[C@@H](Cc1ccccc1)CC(C)(C)NC(=O)O. The molecule has 2 N–H and O–H groups in total. The van der Waals surface area contributed by atoms with Crippen molar-refractivity contribution >= 4 is 6.09 Å². The zero-order valence-electron chi connectivity index (χ0n) is 12.6. The summed E-state index contributed by atoms with van der Waals surface area (Å²) in [5, 5.41) is 11.5. The van der Waals surface area contributed by atoms with Gasteiger partial charge in [-0.2, -0.15) is 0 Å². The van der Waals surface area contributed by atoms with Crippen molar-refractivity contribution in [1.29, 1.82) is 0 Å². The molecule has 112 valence electrons. The first-order valence-electron chi connectivity index (χ1n) is 7.05. The second-order valence-electron chi connectivity index (χ2n) is 5.73. The maximum Gasteiger partial charge on any atom is 0.405 e. The Morgan fingerprint density at radius 2 is 2.00 bits per heavy atom. The molecule has 0 spiro atoms. The molecule has 0 radical (unpaired) electrons. The molecule has 0 aliphatic heterocycles. The zero-order valence-corrected chi connectivity index (χ0v) is 12.6. The van der Waals surface area contributed by atoms with E-state index in [1.165, 1.54) is 5.56 Å². The van der Waals surface area contributed by atoms with Crippen LogP contribution in [0.25, 0.3) is 0 Å². The van der Waals surface area contributed by atoms with Crippen molar-refractivity contribution in [3.63, 3.8) is 0 Å². The molecule has 1 aromatic rings. The molecule has 0 heterocycles. The van der Waals surface area contributed by atoms with Crippen LogP contribution < -0.4 is 5.32 Å². The van der Waals surface area contributed by atoms with E-state index in [1.54, 1.807) is 0 Å². The minimum absolute atomic E-state index is 0.291. The van der Waals surface area contributed by atoms with Crippen molar-refractivity contribution in [3.8, 4) is 0 Å². The Kier molecular flexibility index (Phi) is 6.52. The van der Waals surface area contributed by atoms with E-state index in [4.69, 9.17) is 9.84 Å². The van der Waals surface area contributed by atoms with Gasteiger partial charge in [-0.1, -0.05) is 30.3 Å².